The molecule has 1 aliphatic heterocycles. The number of rotatable bonds is 12. The SMILES string of the molecule is COc1ccc2c(c1)C[C@@H](NC(=O)CC(C)(C)NC[C@H](O)CO)C(=O)N(Cc1ccc(-c3ccccc3-c3nnn[nH]3)cc1)C2. The van der Waals surface area contributed by atoms with E-state index in [2.05, 4.69) is 31.3 Å². The second-order valence-corrected chi connectivity index (χ2v) is 11.9. The highest BCUT2D eigenvalue weighted by molar-refractivity contribution is 5.89. The van der Waals surface area contributed by atoms with E-state index in [4.69, 9.17) is 9.84 Å². The summed E-state index contributed by atoms with van der Waals surface area (Å²) in [6.07, 6.45) is -0.519. The molecule has 5 N–H and O–H groups in total. The number of amides is 2. The number of tetrazole rings is 1. The number of hydrogen-bond donors (Lipinski definition) is 5. The fraction of sp³-hybridized carbons (Fsp3) is 0.364. The molecule has 12 nitrogen and oxygen atoms in total. The van der Waals surface area contributed by atoms with Crippen molar-refractivity contribution >= 4 is 11.8 Å². The summed E-state index contributed by atoms with van der Waals surface area (Å²) in [4.78, 5) is 29.0. The molecule has 4 aromatic rings. The van der Waals surface area contributed by atoms with Crippen molar-refractivity contribution in [2.45, 2.75) is 57.5 Å². The molecular formula is C33H39N7O5. The van der Waals surface area contributed by atoms with E-state index in [1.54, 1.807) is 12.0 Å². The zero-order valence-corrected chi connectivity index (χ0v) is 25.7. The number of ether oxygens (including phenoxy) is 1. The first-order chi connectivity index (χ1) is 21.7. The molecule has 0 aliphatic carbocycles. The first kappa shape index (κ1) is 31.8. The lowest BCUT2D eigenvalue weighted by molar-refractivity contribution is -0.137. The first-order valence-corrected chi connectivity index (χ1v) is 14.9. The molecule has 1 aromatic heterocycles. The zero-order valence-electron chi connectivity index (χ0n) is 25.7. The first-order valence-electron chi connectivity index (χ1n) is 14.9. The normalized spacial score (nSPS) is 15.7. The summed E-state index contributed by atoms with van der Waals surface area (Å²) in [6.45, 7) is 4.18. The van der Waals surface area contributed by atoms with E-state index in [1.807, 2.05) is 80.6 Å². The third-order valence-electron chi connectivity index (χ3n) is 7.94. The van der Waals surface area contributed by atoms with Crippen molar-refractivity contribution in [3.8, 4) is 28.3 Å². The summed E-state index contributed by atoms with van der Waals surface area (Å²) < 4.78 is 5.44. The maximum atomic E-state index is 14.0. The molecule has 0 saturated carbocycles. The van der Waals surface area contributed by atoms with Crippen molar-refractivity contribution in [2.75, 3.05) is 20.3 Å². The van der Waals surface area contributed by atoms with Gasteiger partial charge in [-0.2, -0.15) is 0 Å². The van der Waals surface area contributed by atoms with Gasteiger partial charge in [-0.25, -0.2) is 5.10 Å². The fourth-order valence-corrected chi connectivity index (χ4v) is 5.52. The zero-order chi connectivity index (χ0) is 32.0. The summed E-state index contributed by atoms with van der Waals surface area (Å²) in [5.41, 5.74) is 5.05. The lowest BCUT2D eigenvalue weighted by atomic mass is 9.98. The topological polar surface area (TPSA) is 166 Å². The highest BCUT2D eigenvalue weighted by atomic mass is 16.5. The molecule has 1 aliphatic rings. The van der Waals surface area contributed by atoms with E-state index in [0.29, 0.717) is 31.1 Å². The Balaban J connectivity index is 1.35. The number of β-amino-alcohol motifs (C(OH)–C–C–N with tert-alkyl or cyclic N) is 1. The van der Waals surface area contributed by atoms with Crippen LogP contribution in [0.5, 0.6) is 5.75 Å². The van der Waals surface area contributed by atoms with Gasteiger partial charge in [0, 0.05) is 43.6 Å². The monoisotopic (exact) mass is 613 g/mol. The number of nitrogens with one attached hydrogen (secondary N) is 3. The van der Waals surface area contributed by atoms with Gasteiger partial charge in [0.25, 0.3) is 0 Å². The van der Waals surface area contributed by atoms with Crippen molar-refractivity contribution in [1.82, 2.24) is 36.2 Å². The predicted octanol–water partition coefficient (Wildman–Crippen LogP) is 2.22. The minimum Gasteiger partial charge on any atom is -0.497 e. The van der Waals surface area contributed by atoms with E-state index < -0.39 is 17.7 Å². The molecular weight excluding hydrogens is 574 g/mol. The van der Waals surface area contributed by atoms with Crippen LogP contribution in [0.15, 0.2) is 66.7 Å². The second kappa shape index (κ2) is 14.0. The Labute approximate surface area is 261 Å². The van der Waals surface area contributed by atoms with Crippen LogP contribution in [0.1, 0.15) is 37.0 Å². The smallest absolute Gasteiger partial charge is 0.246 e. The van der Waals surface area contributed by atoms with Gasteiger partial charge in [-0.3, -0.25) is 9.59 Å². The Bertz CT molecular complexity index is 1610. The van der Waals surface area contributed by atoms with Gasteiger partial charge in [0.1, 0.15) is 11.8 Å². The Morgan fingerprint density at radius 3 is 2.56 bits per heavy atom. The molecule has 3 aromatic carbocycles. The number of benzene rings is 3. The van der Waals surface area contributed by atoms with Crippen LogP contribution in [-0.4, -0.2) is 85.5 Å². The molecule has 12 heteroatoms. The standard InChI is InChI=1S/C33H39N7O5/c1-33(2,34-17-25(42)20-41)16-30(43)35-29-15-24-14-26(45-3)13-12-23(24)19-40(32(29)44)18-21-8-10-22(11-9-21)27-6-4-5-7-28(27)31-36-38-39-37-31/h4-14,25,29,34,41-42H,15-20H2,1-3H3,(H,35,43)(H,36,37,38,39)/t25-,29+/m0/s1. The largest absolute Gasteiger partial charge is 0.497 e. The van der Waals surface area contributed by atoms with Gasteiger partial charge in [-0.15, -0.1) is 5.10 Å². The minimum absolute atomic E-state index is 0.0764. The number of aromatic amines is 1. The number of H-pyrrole nitrogens is 1. The van der Waals surface area contributed by atoms with Crippen LogP contribution < -0.4 is 15.4 Å². The number of nitrogens with zero attached hydrogens (tertiary/aromatic N) is 4. The molecule has 0 bridgehead atoms. The quantitative estimate of drug-likeness (QED) is 0.161. The molecule has 5 rings (SSSR count). The lowest BCUT2D eigenvalue weighted by Gasteiger charge is -2.29. The van der Waals surface area contributed by atoms with Crippen molar-refractivity contribution in [3.05, 3.63) is 83.4 Å². The third-order valence-corrected chi connectivity index (χ3v) is 7.94. The minimum atomic E-state index is -0.926. The van der Waals surface area contributed by atoms with Crippen molar-refractivity contribution in [3.63, 3.8) is 0 Å². The fourth-order valence-electron chi connectivity index (χ4n) is 5.52. The van der Waals surface area contributed by atoms with Crippen molar-refractivity contribution in [1.29, 1.82) is 0 Å². The van der Waals surface area contributed by atoms with Gasteiger partial charge < -0.3 is 30.5 Å². The molecule has 2 heterocycles. The van der Waals surface area contributed by atoms with Gasteiger partial charge in [-0.05, 0) is 64.2 Å². The lowest BCUT2D eigenvalue weighted by Crippen LogP contribution is -2.51. The summed E-state index contributed by atoms with van der Waals surface area (Å²) in [5.74, 6) is 0.799. The van der Waals surface area contributed by atoms with Crippen LogP contribution in [-0.2, 0) is 29.1 Å². The van der Waals surface area contributed by atoms with Crippen LogP contribution in [0.4, 0.5) is 0 Å². The Kier molecular flexibility index (Phi) is 9.87. The number of aromatic nitrogens is 4. The molecule has 45 heavy (non-hydrogen) atoms. The maximum absolute atomic E-state index is 14.0. The number of aliphatic hydroxyl groups is 2. The summed E-state index contributed by atoms with van der Waals surface area (Å²) in [5, 5.41) is 39.2. The Morgan fingerprint density at radius 2 is 1.87 bits per heavy atom. The number of fused-ring (bicyclic) bond motifs is 1. The van der Waals surface area contributed by atoms with Crippen LogP contribution in [0.3, 0.4) is 0 Å². The van der Waals surface area contributed by atoms with E-state index in [9.17, 15) is 14.7 Å². The van der Waals surface area contributed by atoms with E-state index in [0.717, 1.165) is 33.4 Å². The molecule has 2 amide bonds. The van der Waals surface area contributed by atoms with Crippen molar-refractivity contribution in [2.24, 2.45) is 0 Å². The highest BCUT2D eigenvalue weighted by Gasteiger charge is 2.32. The molecule has 0 saturated heterocycles. The van der Waals surface area contributed by atoms with Gasteiger partial charge in [-0.1, -0.05) is 54.6 Å². The highest BCUT2D eigenvalue weighted by Crippen LogP contribution is 2.31. The van der Waals surface area contributed by atoms with Crippen LogP contribution >= 0.6 is 0 Å². The maximum Gasteiger partial charge on any atom is 0.246 e. The van der Waals surface area contributed by atoms with Gasteiger partial charge in [0.2, 0.25) is 11.8 Å². The van der Waals surface area contributed by atoms with Gasteiger partial charge >= 0.3 is 0 Å². The molecule has 0 unspecified atom stereocenters. The molecule has 236 valence electrons. The van der Waals surface area contributed by atoms with Crippen LogP contribution in [0, 0.1) is 0 Å². The predicted molar refractivity (Wildman–Crippen MR) is 168 cm³/mol. The number of carbonyl (C=O) groups excluding carboxylic acids is 2. The number of methoxy groups -OCH3 is 1. The van der Waals surface area contributed by atoms with Crippen molar-refractivity contribution < 1.29 is 24.5 Å². The van der Waals surface area contributed by atoms with E-state index >= 15 is 0 Å². The molecule has 0 radical (unpaired) electrons. The molecule has 0 spiro atoms. The molecule has 0 fully saturated rings. The Morgan fingerprint density at radius 1 is 1.11 bits per heavy atom. The summed E-state index contributed by atoms with van der Waals surface area (Å²) in [6, 6.07) is 20.9. The Hall–Kier alpha value is -4.65. The molecule has 2 atom stereocenters. The van der Waals surface area contributed by atoms with Gasteiger partial charge in [0.05, 0.1) is 19.8 Å². The summed E-state index contributed by atoms with van der Waals surface area (Å²) >= 11 is 0. The average molecular weight is 614 g/mol. The summed E-state index contributed by atoms with van der Waals surface area (Å²) in [7, 11) is 1.60. The van der Waals surface area contributed by atoms with Crippen LogP contribution in [0.25, 0.3) is 22.5 Å². The number of carbonyl (C=O) groups is 2. The van der Waals surface area contributed by atoms with Gasteiger partial charge in [0.15, 0.2) is 5.82 Å². The number of hydrogen-bond acceptors (Lipinski definition) is 9. The second-order valence-electron chi connectivity index (χ2n) is 11.9. The van der Waals surface area contributed by atoms with E-state index in [-0.39, 0.29) is 31.4 Å². The number of aliphatic hydroxyl groups excluding tert-OH is 2. The van der Waals surface area contributed by atoms with E-state index in [1.165, 1.54) is 0 Å². The third kappa shape index (κ3) is 7.90. The van der Waals surface area contributed by atoms with Crippen LogP contribution in [0.2, 0.25) is 0 Å². The average Bonchev–Trinajstić information content (AvgIpc) is 3.55.